The highest BCUT2D eigenvalue weighted by molar-refractivity contribution is 6.32. The van der Waals surface area contributed by atoms with Crippen LogP contribution in [0.5, 0.6) is 11.5 Å². The molecule has 0 unspecified atom stereocenters. The molecule has 4 nitrogen and oxygen atoms in total. The highest BCUT2D eigenvalue weighted by Crippen LogP contribution is 2.23. The molecule has 1 N–H and O–H groups in total. The maximum atomic E-state index is 11.0. The normalized spacial score (nSPS) is 10.1. The van der Waals surface area contributed by atoms with E-state index in [4.69, 9.17) is 26.2 Å². The minimum Gasteiger partial charge on any atom is -0.493 e. The topological polar surface area (TPSA) is 55.8 Å². The molecule has 0 spiro atoms. The molecule has 0 heterocycles. The molecular weight excluding hydrogens is 292 g/mol. The SMILES string of the molecule is O=C(O)c1ccccc1OCCCOc1ccccc1Cl. The fourth-order valence-corrected chi connectivity index (χ4v) is 1.94. The second-order valence-electron chi connectivity index (χ2n) is 4.28. The standard InChI is InChI=1S/C16H15ClO4/c17-13-7-2-4-9-15(13)21-11-5-10-20-14-8-3-1-6-12(14)16(18)19/h1-4,6-9H,5,10-11H2,(H,18,19). The van der Waals surface area contributed by atoms with Crippen LogP contribution in [0.15, 0.2) is 48.5 Å². The predicted molar refractivity (Wildman–Crippen MR) is 80.5 cm³/mol. The molecule has 2 aromatic rings. The van der Waals surface area contributed by atoms with Gasteiger partial charge < -0.3 is 14.6 Å². The molecule has 0 saturated heterocycles. The summed E-state index contributed by atoms with van der Waals surface area (Å²) in [6.07, 6.45) is 0.624. The van der Waals surface area contributed by atoms with E-state index in [0.717, 1.165) is 0 Å². The Hall–Kier alpha value is -2.20. The highest BCUT2D eigenvalue weighted by Gasteiger charge is 2.09. The number of hydrogen-bond acceptors (Lipinski definition) is 3. The van der Waals surface area contributed by atoms with Gasteiger partial charge in [0, 0.05) is 6.42 Å². The van der Waals surface area contributed by atoms with Gasteiger partial charge in [0.1, 0.15) is 17.1 Å². The summed E-state index contributed by atoms with van der Waals surface area (Å²) in [6.45, 7) is 0.813. The van der Waals surface area contributed by atoms with Crippen LogP contribution in [0.2, 0.25) is 5.02 Å². The first-order chi connectivity index (χ1) is 10.2. The van der Waals surface area contributed by atoms with E-state index < -0.39 is 5.97 Å². The van der Waals surface area contributed by atoms with E-state index in [1.54, 1.807) is 30.3 Å². The lowest BCUT2D eigenvalue weighted by atomic mass is 10.2. The number of rotatable bonds is 7. The number of carbonyl (C=O) groups is 1. The number of carboxylic acid groups (broad SMARTS) is 1. The molecule has 110 valence electrons. The van der Waals surface area contributed by atoms with Gasteiger partial charge in [-0.05, 0) is 24.3 Å². The number of carboxylic acids is 1. The van der Waals surface area contributed by atoms with Gasteiger partial charge in [-0.15, -0.1) is 0 Å². The van der Waals surface area contributed by atoms with Crippen LogP contribution < -0.4 is 9.47 Å². The number of hydrogen-bond donors (Lipinski definition) is 1. The lowest BCUT2D eigenvalue weighted by Crippen LogP contribution is -2.08. The Morgan fingerprint density at radius 2 is 1.52 bits per heavy atom. The molecule has 0 radical (unpaired) electrons. The molecule has 0 aliphatic heterocycles. The van der Waals surface area contributed by atoms with Gasteiger partial charge in [0.05, 0.1) is 18.2 Å². The van der Waals surface area contributed by atoms with Crippen LogP contribution in [0.3, 0.4) is 0 Å². The van der Waals surface area contributed by atoms with Crippen LogP contribution in [0.1, 0.15) is 16.8 Å². The van der Waals surface area contributed by atoms with Crippen molar-refractivity contribution in [2.75, 3.05) is 13.2 Å². The highest BCUT2D eigenvalue weighted by atomic mass is 35.5. The summed E-state index contributed by atoms with van der Waals surface area (Å²) in [5.41, 5.74) is 0.157. The van der Waals surface area contributed by atoms with Crippen molar-refractivity contribution in [3.05, 3.63) is 59.1 Å². The minimum atomic E-state index is -1.00. The Kier molecular flexibility index (Phi) is 5.46. The Morgan fingerprint density at radius 1 is 0.952 bits per heavy atom. The molecule has 2 aromatic carbocycles. The second kappa shape index (κ2) is 7.55. The van der Waals surface area contributed by atoms with Gasteiger partial charge in [-0.2, -0.15) is 0 Å². The van der Waals surface area contributed by atoms with E-state index in [0.29, 0.717) is 36.2 Å². The van der Waals surface area contributed by atoms with E-state index in [9.17, 15) is 4.79 Å². The molecular formula is C16H15ClO4. The molecule has 21 heavy (non-hydrogen) atoms. The van der Waals surface area contributed by atoms with Crippen LogP contribution in [-0.4, -0.2) is 24.3 Å². The molecule has 0 fully saturated rings. The van der Waals surface area contributed by atoms with Gasteiger partial charge in [-0.3, -0.25) is 0 Å². The maximum Gasteiger partial charge on any atom is 0.339 e. The Bertz CT molecular complexity index is 613. The average molecular weight is 307 g/mol. The number of halogens is 1. The van der Waals surface area contributed by atoms with Crippen molar-refractivity contribution < 1.29 is 19.4 Å². The van der Waals surface area contributed by atoms with Crippen molar-refractivity contribution in [3.63, 3.8) is 0 Å². The van der Waals surface area contributed by atoms with Crippen molar-refractivity contribution in [2.45, 2.75) is 6.42 Å². The zero-order valence-electron chi connectivity index (χ0n) is 11.3. The van der Waals surface area contributed by atoms with Gasteiger partial charge >= 0.3 is 5.97 Å². The van der Waals surface area contributed by atoms with Crippen LogP contribution in [-0.2, 0) is 0 Å². The third kappa shape index (κ3) is 4.39. The lowest BCUT2D eigenvalue weighted by Gasteiger charge is -2.10. The Morgan fingerprint density at radius 3 is 2.19 bits per heavy atom. The van der Waals surface area contributed by atoms with Gasteiger partial charge in [-0.1, -0.05) is 35.9 Å². The fraction of sp³-hybridized carbons (Fsp3) is 0.188. The zero-order valence-corrected chi connectivity index (χ0v) is 12.0. The first-order valence-electron chi connectivity index (χ1n) is 6.51. The monoisotopic (exact) mass is 306 g/mol. The number of aromatic carboxylic acids is 1. The van der Waals surface area contributed by atoms with Crippen molar-refractivity contribution >= 4 is 17.6 Å². The largest absolute Gasteiger partial charge is 0.493 e. The number of benzene rings is 2. The minimum absolute atomic E-state index is 0.157. The first-order valence-corrected chi connectivity index (χ1v) is 6.88. The van der Waals surface area contributed by atoms with Crippen LogP contribution in [0.4, 0.5) is 0 Å². The van der Waals surface area contributed by atoms with Crippen molar-refractivity contribution in [2.24, 2.45) is 0 Å². The average Bonchev–Trinajstić information content (AvgIpc) is 2.49. The summed E-state index contributed by atoms with van der Waals surface area (Å²) in [5, 5.41) is 9.59. The Labute approximate surface area is 127 Å². The van der Waals surface area contributed by atoms with Crippen LogP contribution >= 0.6 is 11.6 Å². The van der Waals surface area contributed by atoms with Gasteiger partial charge in [0.15, 0.2) is 0 Å². The third-order valence-corrected chi connectivity index (χ3v) is 3.07. The summed E-state index contributed by atoms with van der Waals surface area (Å²) in [5.74, 6) is -0.00855. The van der Waals surface area contributed by atoms with E-state index in [2.05, 4.69) is 0 Å². The lowest BCUT2D eigenvalue weighted by molar-refractivity contribution is 0.0692. The summed E-state index contributed by atoms with van der Waals surface area (Å²) in [4.78, 5) is 11.0. The quantitative estimate of drug-likeness (QED) is 0.789. The Balaban J connectivity index is 1.78. The van der Waals surface area contributed by atoms with Crippen molar-refractivity contribution in [1.29, 1.82) is 0 Å². The van der Waals surface area contributed by atoms with E-state index in [1.165, 1.54) is 6.07 Å². The molecule has 5 heteroatoms. The van der Waals surface area contributed by atoms with Gasteiger partial charge in [0.25, 0.3) is 0 Å². The first kappa shape index (κ1) is 15.2. The van der Waals surface area contributed by atoms with E-state index in [1.807, 2.05) is 12.1 Å². The van der Waals surface area contributed by atoms with Crippen molar-refractivity contribution in [3.8, 4) is 11.5 Å². The molecule has 0 bridgehead atoms. The molecule has 0 aromatic heterocycles. The summed E-state index contributed by atoms with van der Waals surface area (Å²) >= 11 is 5.97. The molecule has 2 rings (SSSR count). The number of para-hydroxylation sites is 2. The molecule has 0 aliphatic rings. The maximum absolute atomic E-state index is 11.0. The summed E-state index contributed by atoms with van der Waals surface area (Å²) in [6, 6.07) is 13.8. The second-order valence-corrected chi connectivity index (χ2v) is 4.69. The third-order valence-electron chi connectivity index (χ3n) is 2.76. The fourth-order valence-electron chi connectivity index (χ4n) is 1.75. The van der Waals surface area contributed by atoms with Gasteiger partial charge in [0.2, 0.25) is 0 Å². The van der Waals surface area contributed by atoms with Crippen molar-refractivity contribution in [1.82, 2.24) is 0 Å². The van der Waals surface area contributed by atoms with Crippen LogP contribution in [0, 0.1) is 0 Å². The molecule has 0 aliphatic carbocycles. The number of ether oxygens (including phenoxy) is 2. The van der Waals surface area contributed by atoms with Crippen LogP contribution in [0.25, 0.3) is 0 Å². The zero-order chi connectivity index (χ0) is 15.1. The van der Waals surface area contributed by atoms with E-state index >= 15 is 0 Å². The summed E-state index contributed by atoms with van der Waals surface area (Å²) < 4.78 is 11.0. The van der Waals surface area contributed by atoms with E-state index in [-0.39, 0.29) is 5.56 Å². The smallest absolute Gasteiger partial charge is 0.339 e. The molecule has 0 saturated carbocycles. The predicted octanol–water partition coefficient (Wildman–Crippen LogP) is 3.89. The molecule has 0 amide bonds. The van der Waals surface area contributed by atoms with Gasteiger partial charge in [-0.25, -0.2) is 4.79 Å². The summed E-state index contributed by atoms with van der Waals surface area (Å²) in [7, 11) is 0. The molecule has 0 atom stereocenters.